The molecule has 0 unspecified atom stereocenters. The van der Waals surface area contributed by atoms with E-state index >= 15 is 0 Å². The lowest BCUT2D eigenvalue weighted by atomic mass is 10.1. The van der Waals surface area contributed by atoms with Crippen LogP contribution in [0.15, 0.2) is 40.9 Å². The lowest BCUT2D eigenvalue weighted by Gasteiger charge is -2.11. The van der Waals surface area contributed by atoms with Gasteiger partial charge in [0.1, 0.15) is 17.6 Å². The number of rotatable bonds is 10. The molecule has 0 aliphatic rings. The second-order valence-corrected chi connectivity index (χ2v) is 7.62. The predicted octanol–water partition coefficient (Wildman–Crippen LogP) is 5.09. The molecule has 0 aliphatic heterocycles. The molecule has 1 heterocycles. The molecule has 0 spiro atoms. The van der Waals surface area contributed by atoms with Gasteiger partial charge in [-0.05, 0) is 76.7 Å². The van der Waals surface area contributed by atoms with Gasteiger partial charge >= 0.3 is 0 Å². The molecule has 8 heteroatoms. The van der Waals surface area contributed by atoms with Crippen LogP contribution in [0.1, 0.15) is 32.3 Å². The van der Waals surface area contributed by atoms with Gasteiger partial charge in [-0.1, -0.05) is 16.8 Å². The van der Waals surface area contributed by atoms with Crippen molar-refractivity contribution in [2.75, 3.05) is 20.2 Å². The van der Waals surface area contributed by atoms with Gasteiger partial charge in [0, 0.05) is 11.1 Å². The van der Waals surface area contributed by atoms with Crippen LogP contribution in [0.4, 0.5) is 0 Å². The van der Waals surface area contributed by atoms with E-state index < -0.39 is 0 Å². The van der Waals surface area contributed by atoms with Crippen molar-refractivity contribution >= 4 is 11.6 Å². The molecule has 2 aromatic carbocycles. The van der Waals surface area contributed by atoms with Crippen LogP contribution >= 0.6 is 11.6 Å². The zero-order valence-electron chi connectivity index (χ0n) is 17.8. The van der Waals surface area contributed by atoms with E-state index in [0.29, 0.717) is 51.5 Å². The Hall–Kier alpha value is -3.08. The highest BCUT2D eigenvalue weighted by molar-refractivity contribution is 6.33. The first-order valence-corrected chi connectivity index (χ1v) is 10.5. The molecular formula is C23H25ClN4O3. The average molecular weight is 441 g/mol. The van der Waals surface area contributed by atoms with Gasteiger partial charge in [-0.2, -0.15) is 10.2 Å². The van der Waals surface area contributed by atoms with Crippen LogP contribution in [-0.4, -0.2) is 36.4 Å². The summed E-state index contributed by atoms with van der Waals surface area (Å²) in [5.74, 6) is 1.87. The summed E-state index contributed by atoms with van der Waals surface area (Å²) >= 11 is 6.43. The van der Waals surface area contributed by atoms with Crippen molar-refractivity contribution in [1.82, 2.24) is 15.5 Å². The highest BCUT2D eigenvalue weighted by atomic mass is 35.5. The number of hydrogen-bond donors (Lipinski definition) is 1. The average Bonchev–Trinajstić information content (AvgIpc) is 3.23. The molecule has 0 radical (unpaired) electrons. The molecule has 31 heavy (non-hydrogen) atoms. The molecule has 0 fully saturated rings. The molecule has 0 atom stereocenters. The second kappa shape index (κ2) is 10.8. The van der Waals surface area contributed by atoms with E-state index in [1.807, 2.05) is 27.0 Å². The second-order valence-electron chi connectivity index (χ2n) is 7.21. The molecular weight excluding hydrogens is 416 g/mol. The number of aromatic nitrogens is 2. The van der Waals surface area contributed by atoms with Crippen molar-refractivity contribution in [2.24, 2.45) is 0 Å². The highest BCUT2D eigenvalue weighted by Crippen LogP contribution is 2.32. The minimum atomic E-state index is -0.0320. The molecule has 0 saturated carbocycles. The third-order valence-corrected chi connectivity index (χ3v) is 4.72. The fourth-order valence-electron chi connectivity index (χ4n) is 2.92. The Bertz CT molecular complexity index is 1060. The van der Waals surface area contributed by atoms with Gasteiger partial charge in [0.05, 0.1) is 23.3 Å². The van der Waals surface area contributed by atoms with Crippen molar-refractivity contribution < 1.29 is 14.0 Å². The fourth-order valence-corrected chi connectivity index (χ4v) is 3.17. The Morgan fingerprint density at radius 2 is 2.03 bits per heavy atom. The van der Waals surface area contributed by atoms with Crippen molar-refractivity contribution in [1.29, 1.82) is 5.26 Å². The van der Waals surface area contributed by atoms with E-state index in [2.05, 4.69) is 21.5 Å². The van der Waals surface area contributed by atoms with Crippen molar-refractivity contribution in [3.8, 4) is 40.4 Å². The Morgan fingerprint density at radius 1 is 1.19 bits per heavy atom. The van der Waals surface area contributed by atoms with Crippen molar-refractivity contribution in [2.45, 2.75) is 32.8 Å². The van der Waals surface area contributed by atoms with Crippen LogP contribution in [0.5, 0.6) is 11.5 Å². The van der Waals surface area contributed by atoms with Crippen LogP contribution in [0.3, 0.4) is 0 Å². The number of ether oxygens (including phenoxy) is 2. The normalized spacial score (nSPS) is 10.8. The molecule has 0 amide bonds. The third kappa shape index (κ3) is 5.97. The summed E-state index contributed by atoms with van der Waals surface area (Å²) in [6.45, 7) is 5.40. The monoisotopic (exact) mass is 440 g/mol. The topological polar surface area (TPSA) is 93.2 Å². The number of benzene rings is 2. The molecule has 0 aliphatic carbocycles. The number of nitrogens with one attached hydrogen (secondary N) is 1. The Morgan fingerprint density at radius 3 is 2.74 bits per heavy atom. The summed E-state index contributed by atoms with van der Waals surface area (Å²) in [5.41, 5.74) is 1.67. The van der Waals surface area contributed by atoms with Crippen LogP contribution in [0, 0.1) is 11.3 Å². The van der Waals surface area contributed by atoms with Crippen LogP contribution in [0.25, 0.3) is 22.8 Å². The smallest absolute Gasteiger partial charge is 0.258 e. The maximum atomic E-state index is 9.42. The lowest BCUT2D eigenvalue weighted by molar-refractivity contribution is 0.241. The number of halogens is 1. The summed E-state index contributed by atoms with van der Waals surface area (Å²) < 4.78 is 16.8. The van der Waals surface area contributed by atoms with Crippen molar-refractivity contribution in [3.05, 3.63) is 47.0 Å². The standard InChI is InChI=1S/C23H25ClN4O3/c1-15(2)30-21-9-6-16(12-17(21)14-25)23-27-22(28-31-23)19-8-7-18(13-20(19)24)29-11-5-4-10-26-3/h6-9,12-13,15,26H,4-5,10-11H2,1-3H3. The maximum absolute atomic E-state index is 9.42. The van der Waals surface area contributed by atoms with Gasteiger partial charge in [-0.3, -0.25) is 0 Å². The fraction of sp³-hybridized carbons (Fsp3) is 0.348. The minimum Gasteiger partial charge on any atom is -0.494 e. The largest absolute Gasteiger partial charge is 0.494 e. The molecule has 0 bridgehead atoms. The van der Waals surface area contributed by atoms with E-state index in [9.17, 15) is 5.26 Å². The van der Waals surface area contributed by atoms with Gasteiger partial charge in [-0.25, -0.2) is 0 Å². The molecule has 3 rings (SSSR count). The van der Waals surface area contributed by atoms with E-state index in [-0.39, 0.29) is 6.10 Å². The Labute approximate surface area is 186 Å². The van der Waals surface area contributed by atoms with Gasteiger partial charge in [0.2, 0.25) is 5.82 Å². The molecule has 162 valence electrons. The molecule has 1 N–H and O–H groups in total. The van der Waals surface area contributed by atoms with Crippen LogP contribution in [-0.2, 0) is 0 Å². The van der Waals surface area contributed by atoms with E-state index in [4.69, 9.17) is 25.6 Å². The van der Waals surface area contributed by atoms with Gasteiger partial charge in [-0.15, -0.1) is 0 Å². The highest BCUT2D eigenvalue weighted by Gasteiger charge is 2.16. The van der Waals surface area contributed by atoms with Gasteiger partial charge in [0.15, 0.2) is 0 Å². The molecule has 0 saturated heterocycles. The predicted molar refractivity (Wildman–Crippen MR) is 119 cm³/mol. The molecule has 7 nitrogen and oxygen atoms in total. The van der Waals surface area contributed by atoms with Crippen LogP contribution in [0.2, 0.25) is 5.02 Å². The van der Waals surface area contributed by atoms with Gasteiger partial charge in [0.25, 0.3) is 5.89 Å². The van der Waals surface area contributed by atoms with E-state index in [1.165, 1.54) is 0 Å². The summed E-state index contributed by atoms with van der Waals surface area (Å²) in [5, 5.41) is 17.0. The molecule has 3 aromatic rings. The summed E-state index contributed by atoms with van der Waals surface area (Å²) in [6.07, 6.45) is 1.97. The zero-order valence-corrected chi connectivity index (χ0v) is 18.6. The Balaban J connectivity index is 1.74. The summed E-state index contributed by atoms with van der Waals surface area (Å²) in [6, 6.07) is 12.7. The summed E-state index contributed by atoms with van der Waals surface area (Å²) in [4.78, 5) is 4.44. The number of hydrogen-bond acceptors (Lipinski definition) is 7. The maximum Gasteiger partial charge on any atom is 0.258 e. The van der Waals surface area contributed by atoms with Gasteiger partial charge < -0.3 is 19.3 Å². The number of unbranched alkanes of at least 4 members (excludes halogenated alkanes) is 1. The summed E-state index contributed by atoms with van der Waals surface area (Å²) in [7, 11) is 1.93. The lowest BCUT2D eigenvalue weighted by Crippen LogP contribution is -2.09. The first-order chi connectivity index (χ1) is 15.0. The third-order valence-electron chi connectivity index (χ3n) is 4.41. The number of nitrogens with zero attached hydrogens (tertiary/aromatic N) is 3. The number of nitriles is 1. The first-order valence-electron chi connectivity index (χ1n) is 10.1. The SMILES string of the molecule is CNCCCCOc1ccc(-c2noc(-c3ccc(OC(C)C)c(C#N)c3)n2)c(Cl)c1. The van der Waals surface area contributed by atoms with Crippen LogP contribution < -0.4 is 14.8 Å². The zero-order chi connectivity index (χ0) is 22.2. The quantitative estimate of drug-likeness (QED) is 0.438. The van der Waals surface area contributed by atoms with E-state index in [1.54, 1.807) is 30.3 Å². The minimum absolute atomic E-state index is 0.0320. The van der Waals surface area contributed by atoms with Crippen molar-refractivity contribution in [3.63, 3.8) is 0 Å². The Kier molecular flexibility index (Phi) is 7.88. The van der Waals surface area contributed by atoms with E-state index in [0.717, 1.165) is 19.4 Å². The molecule has 1 aromatic heterocycles. The first kappa shape index (κ1) is 22.6.